The van der Waals surface area contributed by atoms with Gasteiger partial charge in [0.25, 0.3) is 0 Å². The molecule has 0 saturated heterocycles. The summed E-state index contributed by atoms with van der Waals surface area (Å²) in [5, 5.41) is 23.1. The van der Waals surface area contributed by atoms with Gasteiger partial charge >= 0.3 is 5.97 Å². The standard InChI is InChI=1S/C53H103NO5/c1-3-5-7-9-11-13-15-17-19-21-22-24-26-29-33-37-41-45-51(56)50(49-55)54-52(57)46-42-38-34-30-28-32-36-40-44-48-59-53(58)47-43-39-35-31-27-25-23-20-18-16-14-12-10-8-6-4-2/h41,45,50-51,55-56H,3-40,42-44,46-49H2,1-2H3,(H,54,57)/b45-41+. The van der Waals surface area contributed by atoms with Gasteiger partial charge in [0.05, 0.1) is 25.4 Å². The highest BCUT2D eigenvalue weighted by molar-refractivity contribution is 5.76. The molecule has 0 radical (unpaired) electrons. The van der Waals surface area contributed by atoms with Crippen LogP contribution in [0.5, 0.6) is 0 Å². The van der Waals surface area contributed by atoms with Crippen molar-refractivity contribution in [2.24, 2.45) is 0 Å². The first-order chi connectivity index (χ1) is 29.0. The number of nitrogens with one attached hydrogen (secondary N) is 1. The van der Waals surface area contributed by atoms with E-state index in [2.05, 4.69) is 19.2 Å². The summed E-state index contributed by atoms with van der Waals surface area (Å²) in [6, 6.07) is -0.646. The molecule has 0 bridgehead atoms. The van der Waals surface area contributed by atoms with E-state index >= 15 is 0 Å². The quantitative estimate of drug-likeness (QED) is 0.0322. The third-order valence-electron chi connectivity index (χ3n) is 12.3. The number of aliphatic hydroxyl groups excluding tert-OH is 2. The average molecular weight is 834 g/mol. The summed E-state index contributed by atoms with van der Waals surface area (Å²) in [4.78, 5) is 24.5. The van der Waals surface area contributed by atoms with Gasteiger partial charge in [-0.2, -0.15) is 0 Å². The largest absolute Gasteiger partial charge is 0.466 e. The molecule has 2 unspecified atom stereocenters. The first-order valence-electron chi connectivity index (χ1n) is 26.5. The lowest BCUT2D eigenvalue weighted by Crippen LogP contribution is -2.45. The summed E-state index contributed by atoms with van der Waals surface area (Å²) in [6.45, 7) is 4.86. The zero-order valence-electron chi connectivity index (χ0n) is 39.7. The number of carbonyl (C=O) groups is 2. The number of aliphatic hydroxyl groups is 2. The van der Waals surface area contributed by atoms with Crippen LogP contribution in [0.2, 0.25) is 0 Å². The van der Waals surface area contributed by atoms with E-state index in [1.54, 1.807) is 6.08 Å². The van der Waals surface area contributed by atoms with E-state index in [-0.39, 0.29) is 18.5 Å². The van der Waals surface area contributed by atoms with Gasteiger partial charge in [-0.3, -0.25) is 9.59 Å². The van der Waals surface area contributed by atoms with Crippen LogP contribution in [0.15, 0.2) is 12.2 Å². The zero-order valence-corrected chi connectivity index (χ0v) is 39.7. The van der Waals surface area contributed by atoms with Crippen LogP contribution in [0.1, 0.15) is 290 Å². The molecule has 1 amide bonds. The molecule has 350 valence electrons. The van der Waals surface area contributed by atoms with E-state index in [1.165, 1.54) is 205 Å². The van der Waals surface area contributed by atoms with Crippen molar-refractivity contribution in [3.63, 3.8) is 0 Å². The summed E-state index contributed by atoms with van der Waals surface area (Å²) < 4.78 is 5.46. The minimum absolute atomic E-state index is 0.0234. The van der Waals surface area contributed by atoms with Gasteiger partial charge < -0.3 is 20.3 Å². The Labute approximate surface area is 368 Å². The predicted molar refractivity (Wildman–Crippen MR) is 255 cm³/mol. The molecule has 0 saturated carbocycles. The number of amides is 1. The summed E-state index contributed by atoms with van der Waals surface area (Å²) in [5.41, 5.74) is 0. The normalized spacial score (nSPS) is 12.7. The lowest BCUT2D eigenvalue weighted by atomic mass is 10.0. The van der Waals surface area contributed by atoms with Crippen LogP contribution >= 0.6 is 0 Å². The lowest BCUT2D eigenvalue weighted by molar-refractivity contribution is -0.143. The molecule has 0 aliphatic heterocycles. The Morgan fingerprint density at radius 2 is 0.780 bits per heavy atom. The smallest absolute Gasteiger partial charge is 0.305 e. The summed E-state index contributed by atoms with van der Waals surface area (Å²) in [7, 11) is 0. The van der Waals surface area contributed by atoms with Crippen molar-refractivity contribution < 1.29 is 24.5 Å². The number of carbonyl (C=O) groups excluding carboxylic acids is 2. The van der Waals surface area contributed by atoms with Crippen LogP contribution in [0.3, 0.4) is 0 Å². The Kier molecular flexibility index (Phi) is 48.1. The van der Waals surface area contributed by atoms with Gasteiger partial charge in [-0.25, -0.2) is 0 Å². The van der Waals surface area contributed by atoms with Gasteiger partial charge in [0.1, 0.15) is 0 Å². The van der Waals surface area contributed by atoms with Crippen molar-refractivity contribution in [2.75, 3.05) is 13.2 Å². The number of hydrogen-bond acceptors (Lipinski definition) is 5. The number of ether oxygens (including phenoxy) is 1. The van der Waals surface area contributed by atoms with Crippen molar-refractivity contribution >= 4 is 11.9 Å². The Balaban J connectivity index is 3.50. The van der Waals surface area contributed by atoms with Gasteiger partial charge in [0.2, 0.25) is 5.91 Å². The highest BCUT2D eigenvalue weighted by Gasteiger charge is 2.18. The molecule has 59 heavy (non-hydrogen) atoms. The van der Waals surface area contributed by atoms with Crippen LogP contribution in [-0.2, 0) is 14.3 Å². The number of unbranched alkanes of at least 4 members (excludes halogenated alkanes) is 38. The van der Waals surface area contributed by atoms with E-state index < -0.39 is 12.1 Å². The predicted octanol–water partition coefficient (Wildman–Crippen LogP) is 15.7. The Morgan fingerprint density at radius 1 is 0.458 bits per heavy atom. The lowest BCUT2D eigenvalue weighted by Gasteiger charge is -2.20. The fourth-order valence-corrected chi connectivity index (χ4v) is 8.22. The fraction of sp³-hybridized carbons (Fsp3) is 0.925. The van der Waals surface area contributed by atoms with Gasteiger partial charge in [0.15, 0.2) is 0 Å². The topological polar surface area (TPSA) is 95.9 Å². The van der Waals surface area contributed by atoms with Crippen molar-refractivity contribution in [2.45, 2.75) is 302 Å². The summed E-state index contributed by atoms with van der Waals surface area (Å²) >= 11 is 0. The molecule has 6 heteroatoms. The highest BCUT2D eigenvalue weighted by atomic mass is 16.5. The molecule has 0 rings (SSSR count). The van der Waals surface area contributed by atoms with Crippen molar-refractivity contribution in [3.05, 3.63) is 12.2 Å². The number of esters is 1. The molecule has 0 aromatic rings. The Morgan fingerprint density at radius 3 is 1.15 bits per heavy atom. The number of hydrogen-bond donors (Lipinski definition) is 3. The van der Waals surface area contributed by atoms with Gasteiger partial charge in [-0.15, -0.1) is 0 Å². The third-order valence-corrected chi connectivity index (χ3v) is 12.3. The SMILES string of the molecule is CCCCCCCCCCCCCCCCC/C=C/C(O)C(CO)NC(=O)CCCCCCCCCCCOC(=O)CCCCCCCCCCCCCCCCCC. The van der Waals surface area contributed by atoms with E-state index in [1.807, 2.05) is 6.08 Å². The first kappa shape index (κ1) is 57.6. The van der Waals surface area contributed by atoms with E-state index in [0.717, 1.165) is 57.8 Å². The highest BCUT2D eigenvalue weighted by Crippen LogP contribution is 2.17. The van der Waals surface area contributed by atoms with E-state index in [9.17, 15) is 19.8 Å². The second-order valence-corrected chi connectivity index (χ2v) is 18.2. The van der Waals surface area contributed by atoms with Crippen molar-refractivity contribution in [3.8, 4) is 0 Å². The maximum absolute atomic E-state index is 12.4. The molecular weight excluding hydrogens is 731 g/mol. The molecule has 2 atom stereocenters. The third kappa shape index (κ3) is 45.9. The van der Waals surface area contributed by atoms with Gasteiger partial charge in [-0.1, -0.05) is 257 Å². The minimum atomic E-state index is -0.860. The maximum atomic E-state index is 12.4. The molecule has 0 aromatic heterocycles. The van der Waals surface area contributed by atoms with Crippen LogP contribution in [-0.4, -0.2) is 47.4 Å². The average Bonchev–Trinajstić information content (AvgIpc) is 3.24. The van der Waals surface area contributed by atoms with Crippen LogP contribution in [0, 0.1) is 0 Å². The zero-order chi connectivity index (χ0) is 43.0. The molecule has 0 spiro atoms. The Bertz CT molecular complexity index is 878. The van der Waals surface area contributed by atoms with Crippen LogP contribution in [0.4, 0.5) is 0 Å². The summed E-state index contributed by atoms with van der Waals surface area (Å²) in [6.07, 6.45) is 56.4. The van der Waals surface area contributed by atoms with E-state index in [0.29, 0.717) is 19.4 Å². The maximum Gasteiger partial charge on any atom is 0.305 e. The Hall–Kier alpha value is -1.40. The van der Waals surface area contributed by atoms with Gasteiger partial charge in [0, 0.05) is 12.8 Å². The van der Waals surface area contributed by atoms with E-state index in [4.69, 9.17) is 4.74 Å². The van der Waals surface area contributed by atoms with Crippen molar-refractivity contribution in [1.29, 1.82) is 0 Å². The second kappa shape index (κ2) is 49.3. The second-order valence-electron chi connectivity index (χ2n) is 18.2. The van der Waals surface area contributed by atoms with Gasteiger partial charge in [-0.05, 0) is 32.1 Å². The number of allylic oxidation sites excluding steroid dienone is 1. The fourth-order valence-electron chi connectivity index (χ4n) is 8.22. The molecular formula is C53H103NO5. The summed E-state index contributed by atoms with van der Waals surface area (Å²) in [5.74, 6) is -0.116. The first-order valence-corrected chi connectivity index (χ1v) is 26.5. The molecule has 3 N–H and O–H groups in total. The molecule has 0 aliphatic rings. The monoisotopic (exact) mass is 834 g/mol. The number of rotatable bonds is 49. The molecule has 0 heterocycles. The minimum Gasteiger partial charge on any atom is -0.466 e. The van der Waals surface area contributed by atoms with Crippen LogP contribution < -0.4 is 5.32 Å². The molecule has 0 aliphatic carbocycles. The molecule has 0 fully saturated rings. The molecule has 0 aromatic carbocycles. The molecule has 6 nitrogen and oxygen atoms in total. The van der Waals surface area contributed by atoms with Crippen molar-refractivity contribution in [1.82, 2.24) is 5.32 Å². The van der Waals surface area contributed by atoms with Crippen LogP contribution in [0.25, 0.3) is 0 Å².